The van der Waals surface area contributed by atoms with Crippen molar-refractivity contribution in [3.63, 3.8) is 0 Å². The third-order valence-electron chi connectivity index (χ3n) is 2.65. The second-order valence-corrected chi connectivity index (χ2v) is 4.50. The number of rotatable bonds is 3. The summed E-state index contributed by atoms with van der Waals surface area (Å²) in [5, 5.41) is 10.5. The van der Waals surface area contributed by atoms with E-state index >= 15 is 0 Å². The van der Waals surface area contributed by atoms with Gasteiger partial charge in [-0.05, 0) is 19.3 Å². The summed E-state index contributed by atoms with van der Waals surface area (Å²) in [5.41, 5.74) is 0. The summed E-state index contributed by atoms with van der Waals surface area (Å²) in [6, 6.07) is 0.353. The lowest BCUT2D eigenvalue weighted by atomic mass is 10.1. The van der Waals surface area contributed by atoms with Crippen LogP contribution in [0.4, 0.5) is 0 Å². The Bertz CT molecular complexity index is 142. The number of aliphatic hydroxyl groups is 1. The summed E-state index contributed by atoms with van der Waals surface area (Å²) in [6.45, 7) is 6.49. The van der Waals surface area contributed by atoms with E-state index < -0.39 is 0 Å². The van der Waals surface area contributed by atoms with Crippen molar-refractivity contribution in [1.82, 2.24) is 4.90 Å². The average molecular weight is 236 g/mol. The summed E-state index contributed by atoms with van der Waals surface area (Å²) >= 11 is 3.47. The van der Waals surface area contributed by atoms with Crippen LogP contribution >= 0.6 is 15.9 Å². The minimum absolute atomic E-state index is 0.104. The van der Waals surface area contributed by atoms with Gasteiger partial charge in [0.25, 0.3) is 0 Å². The van der Waals surface area contributed by atoms with Gasteiger partial charge in [0.2, 0.25) is 0 Å². The summed E-state index contributed by atoms with van der Waals surface area (Å²) in [7, 11) is 0. The lowest BCUT2D eigenvalue weighted by molar-refractivity contribution is 0.121. The quantitative estimate of drug-likeness (QED) is 0.750. The molecular weight excluding hydrogens is 218 g/mol. The van der Waals surface area contributed by atoms with Gasteiger partial charge in [-0.3, -0.25) is 4.90 Å². The first-order valence-electron chi connectivity index (χ1n) is 4.63. The van der Waals surface area contributed by atoms with Crippen molar-refractivity contribution < 1.29 is 5.11 Å². The molecule has 1 saturated heterocycles. The van der Waals surface area contributed by atoms with Gasteiger partial charge in [0.1, 0.15) is 0 Å². The predicted molar refractivity (Wildman–Crippen MR) is 54.6 cm³/mol. The first kappa shape index (κ1) is 10.5. The van der Waals surface area contributed by atoms with Crippen LogP contribution in [0.3, 0.4) is 0 Å². The van der Waals surface area contributed by atoms with Crippen LogP contribution in [0.5, 0.6) is 0 Å². The van der Waals surface area contributed by atoms with Crippen LogP contribution in [-0.4, -0.2) is 40.6 Å². The van der Waals surface area contributed by atoms with Gasteiger partial charge in [-0.2, -0.15) is 0 Å². The lowest BCUT2D eigenvalue weighted by Gasteiger charge is -2.24. The fourth-order valence-corrected chi connectivity index (χ4v) is 1.90. The molecule has 0 amide bonds. The number of nitrogens with zero attached hydrogens (tertiary/aromatic N) is 1. The zero-order chi connectivity index (χ0) is 9.14. The molecule has 0 aromatic rings. The third kappa shape index (κ3) is 2.44. The van der Waals surface area contributed by atoms with Crippen molar-refractivity contribution in [2.45, 2.75) is 32.4 Å². The number of alkyl halides is 1. The second kappa shape index (κ2) is 4.58. The summed E-state index contributed by atoms with van der Waals surface area (Å²) in [6.07, 6.45) is 0.837. The van der Waals surface area contributed by atoms with Crippen LogP contribution in [0.2, 0.25) is 0 Å². The minimum Gasteiger partial charge on any atom is -0.391 e. The van der Waals surface area contributed by atoms with Crippen molar-refractivity contribution in [3.8, 4) is 0 Å². The monoisotopic (exact) mass is 235 g/mol. The van der Waals surface area contributed by atoms with E-state index in [9.17, 15) is 5.11 Å². The van der Waals surface area contributed by atoms with E-state index in [1.165, 1.54) is 0 Å². The highest BCUT2D eigenvalue weighted by atomic mass is 79.9. The maximum Gasteiger partial charge on any atom is 0.0704 e. The maximum absolute atomic E-state index is 9.50. The van der Waals surface area contributed by atoms with Gasteiger partial charge in [-0.15, -0.1) is 0 Å². The van der Waals surface area contributed by atoms with E-state index in [1.807, 2.05) is 0 Å². The molecule has 1 fully saturated rings. The van der Waals surface area contributed by atoms with Gasteiger partial charge >= 0.3 is 0 Å². The highest BCUT2D eigenvalue weighted by molar-refractivity contribution is 9.09. The third-order valence-corrected chi connectivity index (χ3v) is 3.76. The van der Waals surface area contributed by atoms with Crippen LogP contribution in [0, 0.1) is 5.92 Å². The molecule has 0 spiro atoms. The molecule has 3 atom stereocenters. The normalized spacial score (nSPS) is 34.0. The Balaban J connectivity index is 2.33. The van der Waals surface area contributed by atoms with Crippen molar-refractivity contribution >= 4 is 15.9 Å². The Hall–Kier alpha value is 0.400. The molecule has 1 rings (SSSR count). The van der Waals surface area contributed by atoms with Crippen molar-refractivity contribution in [1.29, 1.82) is 0 Å². The highest BCUT2D eigenvalue weighted by Gasteiger charge is 2.29. The number of hydrogen-bond acceptors (Lipinski definition) is 2. The molecule has 1 unspecified atom stereocenters. The summed E-state index contributed by atoms with van der Waals surface area (Å²) < 4.78 is 0. The smallest absolute Gasteiger partial charge is 0.0704 e. The van der Waals surface area contributed by atoms with Crippen molar-refractivity contribution in [2.75, 3.05) is 18.4 Å². The molecule has 2 nitrogen and oxygen atoms in total. The molecular formula is C9H18BrNO. The van der Waals surface area contributed by atoms with Crippen LogP contribution in [-0.2, 0) is 0 Å². The topological polar surface area (TPSA) is 23.5 Å². The molecule has 0 bridgehead atoms. The molecule has 72 valence electrons. The van der Waals surface area contributed by atoms with Gasteiger partial charge in [0.05, 0.1) is 6.10 Å². The Morgan fingerprint density at radius 3 is 2.75 bits per heavy atom. The van der Waals surface area contributed by atoms with Crippen LogP contribution in [0.15, 0.2) is 0 Å². The van der Waals surface area contributed by atoms with E-state index in [1.54, 1.807) is 0 Å². The van der Waals surface area contributed by atoms with E-state index in [-0.39, 0.29) is 6.10 Å². The number of halogens is 1. The zero-order valence-electron chi connectivity index (χ0n) is 7.83. The SMILES string of the molecule is CC(CBr)CN1CC[C@@H](O)[C@@H]1C. The number of aliphatic hydroxyl groups excluding tert-OH is 1. The van der Waals surface area contributed by atoms with Gasteiger partial charge in [0.15, 0.2) is 0 Å². The second-order valence-electron chi connectivity index (χ2n) is 3.85. The van der Waals surface area contributed by atoms with Gasteiger partial charge < -0.3 is 5.11 Å². The molecule has 1 aliphatic heterocycles. The Morgan fingerprint density at radius 2 is 2.33 bits per heavy atom. The number of likely N-dealkylation sites (tertiary alicyclic amines) is 1. The molecule has 12 heavy (non-hydrogen) atoms. The maximum atomic E-state index is 9.50. The predicted octanol–water partition coefficient (Wildman–Crippen LogP) is 1.47. The Labute approximate surface area is 83.1 Å². The van der Waals surface area contributed by atoms with E-state index in [0.29, 0.717) is 12.0 Å². The van der Waals surface area contributed by atoms with Crippen LogP contribution < -0.4 is 0 Å². The highest BCUT2D eigenvalue weighted by Crippen LogP contribution is 2.19. The van der Waals surface area contributed by atoms with Gasteiger partial charge in [-0.1, -0.05) is 22.9 Å². The van der Waals surface area contributed by atoms with Gasteiger partial charge in [0, 0.05) is 24.5 Å². The Morgan fingerprint density at radius 1 is 1.67 bits per heavy atom. The Kier molecular flexibility index (Phi) is 4.00. The zero-order valence-corrected chi connectivity index (χ0v) is 9.42. The van der Waals surface area contributed by atoms with E-state index in [2.05, 4.69) is 34.7 Å². The fourth-order valence-electron chi connectivity index (χ4n) is 1.69. The molecule has 1 N–H and O–H groups in total. The molecule has 0 aromatic heterocycles. The molecule has 0 aliphatic carbocycles. The number of hydrogen-bond donors (Lipinski definition) is 1. The molecule has 1 aliphatic rings. The van der Waals surface area contributed by atoms with E-state index in [0.717, 1.165) is 24.8 Å². The summed E-state index contributed by atoms with van der Waals surface area (Å²) in [5.74, 6) is 0.678. The van der Waals surface area contributed by atoms with E-state index in [4.69, 9.17) is 0 Å². The van der Waals surface area contributed by atoms with Crippen LogP contribution in [0.25, 0.3) is 0 Å². The summed E-state index contributed by atoms with van der Waals surface area (Å²) in [4.78, 5) is 2.37. The molecule has 0 saturated carbocycles. The standard InChI is InChI=1S/C9H18BrNO/c1-7(5-10)6-11-4-3-9(12)8(11)2/h7-9,12H,3-6H2,1-2H3/t7?,8-,9+/m0/s1. The van der Waals surface area contributed by atoms with Gasteiger partial charge in [-0.25, -0.2) is 0 Å². The molecule has 3 heteroatoms. The largest absolute Gasteiger partial charge is 0.391 e. The molecule has 0 aromatic carbocycles. The first-order valence-corrected chi connectivity index (χ1v) is 5.75. The first-order chi connectivity index (χ1) is 5.65. The van der Waals surface area contributed by atoms with Crippen LogP contribution in [0.1, 0.15) is 20.3 Å². The van der Waals surface area contributed by atoms with Crippen molar-refractivity contribution in [2.24, 2.45) is 5.92 Å². The molecule has 1 heterocycles. The minimum atomic E-state index is -0.104. The van der Waals surface area contributed by atoms with Crippen molar-refractivity contribution in [3.05, 3.63) is 0 Å². The fraction of sp³-hybridized carbons (Fsp3) is 1.00. The lowest BCUT2D eigenvalue weighted by Crippen LogP contribution is -2.35. The average Bonchev–Trinajstić information content (AvgIpc) is 2.36. The molecule has 0 radical (unpaired) electrons.